The van der Waals surface area contributed by atoms with E-state index in [1.54, 1.807) is 0 Å². The van der Waals surface area contributed by atoms with Gasteiger partial charge in [-0.3, -0.25) is 0 Å². The lowest BCUT2D eigenvalue weighted by atomic mass is 9.77. The molecule has 1 fully saturated rings. The molecule has 2 nitrogen and oxygen atoms in total. The van der Waals surface area contributed by atoms with Crippen molar-refractivity contribution in [1.82, 2.24) is 0 Å². The van der Waals surface area contributed by atoms with Crippen LogP contribution in [-0.2, 0) is 9.31 Å². The van der Waals surface area contributed by atoms with Crippen molar-refractivity contribution in [3.05, 3.63) is 140 Å². The van der Waals surface area contributed by atoms with Crippen LogP contribution >= 0.6 is 0 Å². The van der Waals surface area contributed by atoms with Crippen LogP contribution in [-0.4, -0.2) is 18.3 Å². The van der Waals surface area contributed by atoms with Gasteiger partial charge >= 0.3 is 7.12 Å². The van der Waals surface area contributed by atoms with Crippen LogP contribution in [0.2, 0.25) is 0 Å². The van der Waals surface area contributed by atoms with Crippen molar-refractivity contribution in [2.24, 2.45) is 0 Å². The summed E-state index contributed by atoms with van der Waals surface area (Å²) in [4.78, 5) is 0. The second-order valence-corrected chi connectivity index (χ2v) is 13.2. The molecular weight excluding hydrogens is 547 g/mol. The summed E-state index contributed by atoms with van der Waals surface area (Å²) in [5.74, 6) is 0. The minimum Gasteiger partial charge on any atom is -0.399 e. The molecule has 0 spiro atoms. The molecule has 0 saturated carbocycles. The number of rotatable bonds is 4. The molecule has 1 aliphatic rings. The molecule has 0 amide bonds. The van der Waals surface area contributed by atoms with Gasteiger partial charge in [0.2, 0.25) is 0 Å². The maximum absolute atomic E-state index is 6.44. The highest BCUT2D eigenvalue weighted by atomic mass is 16.7. The molecule has 0 aromatic heterocycles. The molecule has 7 aromatic carbocycles. The van der Waals surface area contributed by atoms with Crippen LogP contribution in [0.4, 0.5) is 0 Å². The summed E-state index contributed by atoms with van der Waals surface area (Å²) in [7, 11) is -0.414. The second-order valence-electron chi connectivity index (χ2n) is 13.2. The predicted molar refractivity (Wildman–Crippen MR) is 191 cm³/mol. The van der Waals surface area contributed by atoms with Crippen molar-refractivity contribution in [2.45, 2.75) is 38.9 Å². The van der Waals surface area contributed by atoms with Crippen LogP contribution in [0, 0.1) is 0 Å². The van der Waals surface area contributed by atoms with E-state index in [1.807, 2.05) is 0 Å². The molecule has 1 heterocycles. The molecule has 0 aliphatic carbocycles. The van der Waals surface area contributed by atoms with Gasteiger partial charge in [-0.15, -0.1) is 0 Å². The van der Waals surface area contributed by atoms with Crippen molar-refractivity contribution in [3.8, 4) is 33.4 Å². The van der Waals surface area contributed by atoms with Gasteiger partial charge in [0.1, 0.15) is 0 Å². The summed E-state index contributed by atoms with van der Waals surface area (Å²) in [5, 5.41) is 7.46. The van der Waals surface area contributed by atoms with Gasteiger partial charge in [0.15, 0.2) is 0 Å². The maximum Gasteiger partial charge on any atom is 0.494 e. The zero-order chi connectivity index (χ0) is 30.8. The Morgan fingerprint density at radius 2 is 0.889 bits per heavy atom. The first-order valence-corrected chi connectivity index (χ1v) is 15.8. The molecule has 218 valence electrons. The molecule has 3 heteroatoms. The molecular formula is C42H35BO2. The summed E-state index contributed by atoms with van der Waals surface area (Å²) in [6.07, 6.45) is 0. The standard InChI is InChI=1S/C42H35BO2/c1-41(2)42(3,4)45-43(44-41)31-18-9-17-30(27-31)34-25-26-39(36-22-11-16-29-14-6-8-20-33(29)36)40-37(34)23-12-24-38(40)35-21-10-15-28-13-5-7-19-32(28)35/h5-27H,1-4H3. The molecule has 45 heavy (non-hydrogen) atoms. The van der Waals surface area contributed by atoms with Gasteiger partial charge < -0.3 is 9.31 Å². The SMILES string of the molecule is CC1(C)OB(c2cccc(-c3ccc(-c4cccc5ccccc45)c4c(-c5cccc6ccccc56)cccc34)c2)OC1(C)C. The van der Waals surface area contributed by atoms with Gasteiger partial charge in [0.05, 0.1) is 11.2 Å². The van der Waals surface area contributed by atoms with E-state index in [9.17, 15) is 0 Å². The fourth-order valence-electron chi connectivity index (χ4n) is 6.86. The van der Waals surface area contributed by atoms with Gasteiger partial charge in [-0.1, -0.05) is 140 Å². The fourth-order valence-corrected chi connectivity index (χ4v) is 6.86. The normalized spacial score (nSPS) is 15.7. The monoisotopic (exact) mass is 582 g/mol. The lowest BCUT2D eigenvalue weighted by Gasteiger charge is -2.32. The van der Waals surface area contributed by atoms with Crippen molar-refractivity contribution in [1.29, 1.82) is 0 Å². The van der Waals surface area contributed by atoms with E-state index in [2.05, 4.69) is 167 Å². The fraction of sp³-hybridized carbons (Fsp3) is 0.143. The predicted octanol–water partition coefficient (Wildman–Crippen LogP) is 10.4. The molecule has 1 saturated heterocycles. The third kappa shape index (κ3) is 4.58. The maximum atomic E-state index is 6.44. The van der Waals surface area contributed by atoms with Crippen LogP contribution in [0.1, 0.15) is 27.7 Å². The Balaban J connectivity index is 1.39. The van der Waals surface area contributed by atoms with Crippen LogP contribution < -0.4 is 5.46 Å². The second kappa shape index (κ2) is 10.4. The van der Waals surface area contributed by atoms with E-state index < -0.39 is 18.3 Å². The minimum atomic E-state index is -0.414. The smallest absolute Gasteiger partial charge is 0.399 e. The Kier molecular flexibility index (Phi) is 6.46. The van der Waals surface area contributed by atoms with E-state index in [0.29, 0.717) is 0 Å². The van der Waals surface area contributed by atoms with Crippen LogP contribution in [0.3, 0.4) is 0 Å². The summed E-state index contributed by atoms with van der Waals surface area (Å²) in [5.41, 5.74) is 7.52. The first kappa shape index (κ1) is 27.8. The van der Waals surface area contributed by atoms with E-state index in [4.69, 9.17) is 9.31 Å². The topological polar surface area (TPSA) is 18.5 Å². The van der Waals surface area contributed by atoms with E-state index in [0.717, 1.165) is 11.0 Å². The van der Waals surface area contributed by atoms with Gasteiger partial charge in [-0.25, -0.2) is 0 Å². The quantitative estimate of drug-likeness (QED) is 0.192. The number of benzene rings is 7. The molecule has 0 radical (unpaired) electrons. The van der Waals surface area contributed by atoms with Gasteiger partial charge in [0.25, 0.3) is 0 Å². The molecule has 7 aromatic rings. The molecule has 0 N–H and O–H groups in total. The van der Waals surface area contributed by atoms with Crippen molar-refractivity contribution in [2.75, 3.05) is 0 Å². The lowest BCUT2D eigenvalue weighted by Crippen LogP contribution is -2.41. The Bertz CT molecular complexity index is 2130. The van der Waals surface area contributed by atoms with Crippen LogP contribution in [0.25, 0.3) is 65.7 Å². The molecule has 8 rings (SSSR count). The van der Waals surface area contributed by atoms with E-state index in [1.165, 1.54) is 60.1 Å². The lowest BCUT2D eigenvalue weighted by molar-refractivity contribution is 0.00578. The summed E-state index contributed by atoms with van der Waals surface area (Å²) in [6, 6.07) is 50.6. The molecule has 0 atom stereocenters. The number of hydrogen-bond acceptors (Lipinski definition) is 2. The number of hydrogen-bond donors (Lipinski definition) is 0. The summed E-state index contributed by atoms with van der Waals surface area (Å²) >= 11 is 0. The highest BCUT2D eigenvalue weighted by Gasteiger charge is 2.51. The van der Waals surface area contributed by atoms with Gasteiger partial charge in [-0.05, 0) is 98.9 Å². The highest BCUT2D eigenvalue weighted by Crippen LogP contribution is 2.44. The average molecular weight is 583 g/mol. The molecule has 0 bridgehead atoms. The Labute approximate surface area is 265 Å². The van der Waals surface area contributed by atoms with Crippen LogP contribution in [0.15, 0.2) is 140 Å². The Morgan fingerprint density at radius 1 is 0.422 bits per heavy atom. The third-order valence-corrected chi connectivity index (χ3v) is 9.92. The van der Waals surface area contributed by atoms with Crippen molar-refractivity contribution < 1.29 is 9.31 Å². The van der Waals surface area contributed by atoms with Gasteiger partial charge in [-0.2, -0.15) is 0 Å². The Hall–Kier alpha value is -4.70. The molecule has 1 aliphatic heterocycles. The van der Waals surface area contributed by atoms with Crippen molar-refractivity contribution in [3.63, 3.8) is 0 Å². The van der Waals surface area contributed by atoms with Crippen molar-refractivity contribution >= 4 is 44.9 Å². The molecule has 0 unspecified atom stereocenters. The van der Waals surface area contributed by atoms with E-state index >= 15 is 0 Å². The zero-order valence-corrected chi connectivity index (χ0v) is 26.2. The average Bonchev–Trinajstić information content (AvgIpc) is 3.29. The largest absolute Gasteiger partial charge is 0.494 e. The summed E-state index contributed by atoms with van der Waals surface area (Å²) in [6.45, 7) is 8.41. The minimum absolute atomic E-state index is 0.395. The zero-order valence-electron chi connectivity index (χ0n) is 26.2. The van der Waals surface area contributed by atoms with Crippen LogP contribution in [0.5, 0.6) is 0 Å². The summed E-state index contributed by atoms with van der Waals surface area (Å²) < 4.78 is 12.9. The van der Waals surface area contributed by atoms with Gasteiger partial charge in [0, 0.05) is 0 Å². The highest BCUT2D eigenvalue weighted by molar-refractivity contribution is 6.62. The number of fused-ring (bicyclic) bond motifs is 3. The Morgan fingerprint density at radius 3 is 1.53 bits per heavy atom. The third-order valence-electron chi connectivity index (χ3n) is 9.92. The van der Waals surface area contributed by atoms with E-state index in [-0.39, 0.29) is 0 Å². The first-order valence-electron chi connectivity index (χ1n) is 15.8. The first-order chi connectivity index (χ1) is 21.8.